The summed E-state index contributed by atoms with van der Waals surface area (Å²) in [5, 5.41) is 3.63. The third kappa shape index (κ3) is 4.02. The molecule has 1 fully saturated rings. The predicted octanol–water partition coefficient (Wildman–Crippen LogP) is 0.999. The van der Waals surface area contributed by atoms with Gasteiger partial charge in [0, 0.05) is 12.1 Å². The van der Waals surface area contributed by atoms with Gasteiger partial charge < -0.3 is 10.3 Å². The highest BCUT2D eigenvalue weighted by molar-refractivity contribution is 7.89. The minimum atomic E-state index is -3.44. The number of nitrogens with one attached hydrogen (secondary N) is 3. The standard InChI is InChI=1S/C12H22N4O2S/c1-2-7-14-10-3-5-11(6-4-10)16-19(17,18)12-8-13-9-15-12/h8-11,14,16H,2-7H2,1H3,(H,13,15). The van der Waals surface area contributed by atoms with Crippen molar-refractivity contribution in [3.63, 3.8) is 0 Å². The zero-order valence-corrected chi connectivity index (χ0v) is 12.0. The maximum atomic E-state index is 12.0. The maximum absolute atomic E-state index is 12.0. The highest BCUT2D eigenvalue weighted by Crippen LogP contribution is 2.20. The lowest BCUT2D eigenvalue weighted by Gasteiger charge is -2.29. The first-order chi connectivity index (χ1) is 9.12. The van der Waals surface area contributed by atoms with Crippen molar-refractivity contribution in [2.24, 2.45) is 0 Å². The number of aromatic amines is 1. The van der Waals surface area contributed by atoms with E-state index in [1.54, 1.807) is 0 Å². The summed E-state index contributed by atoms with van der Waals surface area (Å²) < 4.78 is 26.8. The number of aromatic nitrogens is 2. The van der Waals surface area contributed by atoms with E-state index in [-0.39, 0.29) is 11.1 Å². The number of hydrogen-bond donors (Lipinski definition) is 3. The van der Waals surface area contributed by atoms with Gasteiger partial charge in [-0.05, 0) is 38.6 Å². The summed E-state index contributed by atoms with van der Waals surface area (Å²) in [6.07, 6.45) is 7.65. The minimum absolute atomic E-state index is 0.0352. The van der Waals surface area contributed by atoms with Crippen molar-refractivity contribution in [2.75, 3.05) is 6.54 Å². The van der Waals surface area contributed by atoms with Crippen LogP contribution in [0, 0.1) is 0 Å². The third-order valence-corrected chi connectivity index (χ3v) is 4.94. The zero-order valence-electron chi connectivity index (χ0n) is 11.2. The summed E-state index contributed by atoms with van der Waals surface area (Å²) in [5.74, 6) is 0. The molecule has 3 N–H and O–H groups in total. The van der Waals surface area contributed by atoms with Crippen LogP contribution in [-0.4, -0.2) is 37.0 Å². The number of rotatable bonds is 6. The Kier molecular flexibility index (Phi) is 4.95. The largest absolute Gasteiger partial charge is 0.335 e. The molecule has 108 valence electrons. The van der Waals surface area contributed by atoms with E-state index in [9.17, 15) is 8.42 Å². The fraction of sp³-hybridized carbons (Fsp3) is 0.750. The minimum Gasteiger partial charge on any atom is -0.335 e. The van der Waals surface area contributed by atoms with E-state index < -0.39 is 10.0 Å². The van der Waals surface area contributed by atoms with Gasteiger partial charge in [-0.1, -0.05) is 6.92 Å². The van der Waals surface area contributed by atoms with Gasteiger partial charge in [0.05, 0.1) is 12.5 Å². The van der Waals surface area contributed by atoms with Crippen LogP contribution in [0.3, 0.4) is 0 Å². The van der Waals surface area contributed by atoms with Gasteiger partial charge in [-0.25, -0.2) is 18.1 Å². The van der Waals surface area contributed by atoms with Crippen LogP contribution >= 0.6 is 0 Å². The van der Waals surface area contributed by atoms with Crippen LogP contribution < -0.4 is 10.0 Å². The van der Waals surface area contributed by atoms with Gasteiger partial charge >= 0.3 is 0 Å². The summed E-state index contributed by atoms with van der Waals surface area (Å²) in [6.45, 7) is 3.19. The van der Waals surface area contributed by atoms with Gasteiger partial charge in [-0.3, -0.25) is 0 Å². The fourth-order valence-corrected chi connectivity index (χ4v) is 3.65. The Labute approximate surface area is 114 Å². The van der Waals surface area contributed by atoms with E-state index in [4.69, 9.17) is 0 Å². The molecule has 0 bridgehead atoms. The van der Waals surface area contributed by atoms with Gasteiger partial charge in [0.1, 0.15) is 0 Å². The predicted molar refractivity (Wildman–Crippen MR) is 73.2 cm³/mol. The lowest BCUT2D eigenvalue weighted by atomic mass is 9.92. The Balaban J connectivity index is 1.83. The van der Waals surface area contributed by atoms with Crippen LogP contribution in [-0.2, 0) is 10.0 Å². The normalized spacial score (nSPS) is 24.5. The van der Waals surface area contributed by atoms with Crippen molar-refractivity contribution >= 4 is 10.0 Å². The van der Waals surface area contributed by atoms with Gasteiger partial charge in [-0.2, -0.15) is 0 Å². The number of sulfonamides is 1. The molecule has 1 saturated carbocycles. The van der Waals surface area contributed by atoms with E-state index in [0.29, 0.717) is 6.04 Å². The zero-order chi connectivity index (χ0) is 13.7. The van der Waals surface area contributed by atoms with Crippen molar-refractivity contribution in [1.29, 1.82) is 0 Å². The number of H-pyrrole nitrogens is 1. The van der Waals surface area contributed by atoms with E-state index in [2.05, 4.69) is 26.9 Å². The maximum Gasteiger partial charge on any atom is 0.257 e. The first kappa shape index (κ1) is 14.5. The van der Waals surface area contributed by atoms with Crippen molar-refractivity contribution in [3.8, 4) is 0 Å². The smallest absolute Gasteiger partial charge is 0.257 e. The highest BCUT2D eigenvalue weighted by atomic mass is 32.2. The average Bonchev–Trinajstić information content (AvgIpc) is 2.92. The molecule has 0 saturated heterocycles. The Morgan fingerprint density at radius 3 is 2.58 bits per heavy atom. The van der Waals surface area contributed by atoms with Gasteiger partial charge in [-0.15, -0.1) is 0 Å². The van der Waals surface area contributed by atoms with E-state index in [1.807, 2.05) is 0 Å². The highest BCUT2D eigenvalue weighted by Gasteiger charge is 2.25. The van der Waals surface area contributed by atoms with Gasteiger partial charge in [0.15, 0.2) is 5.03 Å². The Bertz CT molecular complexity index is 464. The Morgan fingerprint density at radius 1 is 1.32 bits per heavy atom. The molecule has 2 rings (SSSR count). The third-order valence-electron chi connectivity index (χ3n) is 3.49. The molecule has 0 aliphatic heterocycles. The molecule has 1 aromatic rings. The second-order valence-electron chi connectivity index (χ2n) is 5.04. The summed E-state index contributed by atoms with van der Waals surface area (Å²) >= 11 is 0. The van der Waals surface area contributed by atoms with E-state index >= 15 is 0 Å². The molecule has 0 unspecified atom stereocenters. The average molecular weight is 286 g/mol. The number of imidazole rings is 1. The lowest BCUT2D eigenvalue weighted by molar-refractivity contribution is 0.330. The Hall–Kier alpha value is -0.920. The molecule has 0 atom stereocenters. The molecular weight excluding hydrogens is 264 g/mol. The van der Waals surface area contributed by atoms with E-state index in [1.165, 1.54) is 12.5 Å². The van der Waals surface area contributed by atoms with Crippen molar-refractivity contribution in [3.05, 3.63) is 12.5 Å². The second-order valence-corrected chi connectivity index (χ2v) is 6.72. The van der Waals surface area contributed by atoms with Crippen LogP contribution in [0.5, 0.6) is 0 Å². The first-order valence-electron chi connectivity index (χ1n) is 6.86. The summed E-state index contributed by atoms with van der Waals surface area (Å²) in [4.78, 5) is 6.37. The lowest BCUT2D eigenvalue weighted by Crippen LogP contribution is -2.42. The molecule has 1 aromatic heterocycles. The second kappa shape index (κ2) is 6.49. The van der Waals surface area contributed by atoms with E-state index in [0.717, 1.165) is 38.6 Å². The summed E-state index contributed by atoms with van der Waals surface area (Å²) in [7, 11) is -3.44. The Morgan fingerprint density at radius 2 is 2.00 bits per heavy atom. The molecule has 0 radical (unpaired) electrons. The molecule has 1 aliphatic rings. The van der Waals surface area contributed by atoms with Crippen LogP contribution in [0.25, 0.3) is 0 Å². The summed E-state index contributed by atoms with van der Waals surface area (Å²) in [6, 6.07) is 0.570. The quantitative estimate of drug-likeness (QED) is 0.728. The molecule has 19 heavy (non-hydrogen) atoms. The van der Waals surface area contributed by atoms with Gasteiger partial charge in [0.2, 0.25) is 0 Å². The molecular formula is C12H22N4O2S. The van der Waals surface area contributed by atoms with Gasteiger partial charge in [0.25, 0.3) is 10.0 Å². The molecule has 1 aliphatic carbocycles. The monoisotopic (exact) mass is 286 g/mol. The molecule has 0 aromatic carbocycles. The van der Waals surface area contributed by atoms with Crippen molar-refractivity contribution < 1.29 is 8.42 Å². The molecule has 0 amide bonds. The van der Waals surface area contributed by atoms with Crippen molar-refractivity contribution in [2.45, 2.75) is 56.1 Å². The molecule has 0 spiro atoms. The van der Waals surface area contributed by atoms with Crippen LogP contribution in [0.1, 0.15) is 39.0 Å². The topological polar surface area (TPSA) is 86.9 Å². The SMILES string of the molecule is CCCNC1CCC(NS(=O)(=O)c2cnc[nH]2)CC1. The molecule has 6 nitrogen and oxygen atoms in total. The van der Waals surface area contributed by atoms with Crippen LogP contribution in [0.2, 0.25) is 0 Å². The first-order valence-corrected chi connectivity index (χ1v) is 8.34. The number of hydrogen-bond acceptors (Lipinski definition) is 4. The van der Waals surface area contributed by atoms with Crippen molar-refractivity contribution in [1.82, 2.24) is 20.0 Å². The molecule has 1 heterocycles. The number of nitrogens with zero attached hydrogens (tertiary/aromatic N) is 1. The van der Waals surface area contributed by atoms with Crippen LogP contribution in [0.4, 0.5) is 0 Å². The fourth-order valence-electron chi connectivity index (χ4n) is 2.44. The van der Waals surface area contributed by atoms with Crippen LogP contribution in [0.15, 0.2) is 17.6 Å². The summed E-state index contributed by atoms with van der Waals surface area (Å²) in [5.41, 5.74) is 0. The molecule has 7 heteroatoms.